The fourth-order valence-electron chi connectivity index (χ4n) is 2.77. The van der Waals surface area contributed by atoms with Gasteiger partial charge in [-0.15, -0.1) is 12.4 Å². The van der Waals surface area contributed by atoms with Crippen LogP contribution in [-0.2, 0) is 6.54 Å². The van der Waals surface area contributed by atoms with Gasteiger partial charge in [0.25, 0.3) is 0 Å². The summed E-state index contributed by atoms with van der Waals surface area (Å²) in [6, 6.07) is 16.5. The van der Waals surface area contributed by atoms with Crippen LogP contribution in [0.15, 0.2) is 53.5 Å². The molecule has 0 amide bonds. The number of halogens is 2. The van der Waals surface area contributed by atoms with Gasteiger partial charge in [0, 0.05) is 19.1 Å². The number of benzene rings is 2. The van der Waals surface area contributed by atoms with Crippen LogP contribution >= 0.6 is 24.0 Å². The zero-order valence-corrected chi connectivity index (χ0v) is 13.7. The van der Waals surface area contributed by atoms with E-state index in [9.17, 15) is 0 Å². The molecule has 21 heavy (non-hydrogen) atoms. The molecule has 3 rings (SSSR count). The topological polar surface area (TPSA) is 15.6 Å². The van der Waals surface area contributed by atoms with E-state index in [1.165, 1.54) is 11.1 Å². The number of aliphatic imine (C=N–C) groups is 1. The number of nitrogens with zero attached hydrogens (tertiary/aromatic N) is 2. The highest BCUT2D eigenvalue weighted by molar-refractivity contribution is 6.31. The molecule has 1 heterocycles. The standard InChI is InChI=1S/C17H17ClN2.ClH/c1-20(2)17-16(14-9-5-6-10-15(14)18)13-8-4-3-7-12(13)11-19-17;/h3-10,16H,11H2,1-2H3;1H. The molecule has 1 aliphatic rings. The van der Waals surface area contributed by atoms with Gasteiger partial charge in [-0.05, 0) is 22.8 Å². The molecule has 0 aliphatic carbocycles. The van der Waals surface area contributed by atoms with E-state index in [-0.39, 0.29) is 18.3 Å². The van der Waals surface area contributed by atoms with Crippen molar-refractivity contribution in [2.24, 2.45) is 4.99 Å². The zero-order valence-electron chi connectivity index (χ0n) is 12.1. The Hall–Kier alpha value is -1.51. The van der Waals surface area contributed by atoms with Gasteiger partial charge in [-0.2, -0.15) is 0 Å². The maximum Gasteiger partial charge on any atom is 0.111 e. The first-order valence-corrected chi connectivity index (χ1v) is 7.10. The SMILES string of the molecule is CN(C)C1=NCc2ccccc2C1c1ccccc1Cl.Cl. The summed E-state index contributed by atoms with van der Waals surface area (Å²) in [5.41, 5.74) is 3.70. The molecule has 0 saturated heterocycles. The lowest BCUT2D eigenvalue weighted by Crippen LogP contribution is -2.32. The first-order valence-electron chi connectivity index (χ1n) is 6.72. The maximum atomic E-state index is 6.42. The van der Waals surface area contributed by atoms with Crippen molar-refractivity contribution in [3.8, 4) is 0 Å². The van der Waals surface area contributed by atoms with Crippen LogP contribution in [0.3, 0.4) is 0 Å². The Kier molecular flexibility index (Phi) is 4.92. The van der Waals surface area contributed by atoms with E-state index in [2.05, 4.69) is 35.2 Å². The van der Waals surface area contributed by atoms with Crippen LogP contribution in [0.4, 0.5) is 0 Å². The van der Waals surface area contributed by atoms with Gasteiger partial charge in [0.1, 0.15) is 5.84 Å². The quantitative estimate of drug-likeness (QED) is 0.762. The third-order valence-corrected chi connectivity index (χ3v) is 4.05. The second kappa shape index (κ2) is 6.50. The minimum absolute atomic E-state index is 0. The number of rotatable bonds is 1. The van der Waals surface area contributed by atoms with Gasteiger partial charge in [0.2, 0.25) is 0 Å². The van der Waals surface area contributed by atoms with Crippen LogP contribution in [-0.4, -0.2) is 24.8 Å². The van der Waals surface area contributed by atoms with Crippen LogP contribution in [0.5, 0.6) is 0 Å². The van der Waals surface area contributed by atoms with Crippen LogP contribution in [0, 0.1) is 0 Å². The molecule has 4 heteroatoms. The third kappa shape index (κ3) is 2.92. The highest BCUT2D eigenvalue weighted by atomic mass is 35.5. The predicted octanol–water partition coefficient (Wildman–Crippen LogP) is 4.37. The Labute approximate surface area is 136 Å². The summed E-state index contributed by atoms with van der Waals surface area (Å²) in [4.78, 5) is 6.84. The molecular formula is C17H18Cl2N2. The van der Waals surface area contributed by atoms with Gasteiger partial charge in [-0.3, -0.25) is 4.99 Å². The van der Waals surface area contributed by atoms with Crippen molar-refractivity contribution in [2.75, 3.05) is 14.1 Å². The average molecular weight is 321 g/mol. The Balaban J connectivity index is 0.00000161. The van der Waals surface area contributed by atoms with Gasteiger partial charge in [-0.25, -0.2) is 0 Å². The minimum atomic E-state index is 0. The molecule has 0 saturated carbocycles. The maximum absolute atomic E-state index is 6.42. The average Bonchev–Trinajstić information content (AvgIpc) is 2.46. The molecule has 2 nitrogen and oxygen atoms in total. The van der Waals surface area contributed by atoms with Crippen LogP contribution < -0.4 is 0 Å². The summed E-state index contributed by atoms with van der Waals surface area (Å²) in [7, 11) is 4.08. The molecule has 1 unspecified atom stereocenters. The van der Waals surface area contributed by atoms with Crippen molar-refractivity contribution in [2.45, 2.75) is 12.5 Å². The highest BCUT2D eigenvalue weighted by Gasteiger charge is 2.28. The summed E-state index contributed by atoms with van der Waals surface area (Å²) in [5.74, 6) is 1.18. The smallest absolute Gasteiger partial charge is 0.111 e. The summed E-state index contributed by atoms with van der Waals surface area (Å²) < 4.78 is 0. The lowest BCUT2D eigenvalue weighted by molar-refractivity contribution is 0.586. The minimum Gasteiger partial charge on any atom is -0.366 e. The molecule has 0 bridgehead atoms. The number of amidine groups is 1. The van der Waals surface area contributed by atoms with Gasteiger partial charge in [-0.1, -0.05) is 54.1 Å². The molecule has 1 aliphatic heterocycles. The number of likely N-dealkylation sites (N-methyl/N-ethyl adjacent to an activating group) is 1. The Morgan fingerprint density at radius 3 is 2.29 bits per heavy atom. The molecule has 0 spiro atoms. The van der Waals surface area contributed by atoms with Crippen molar-refractivity contribution < 1.29 is 0 Å². The van der Waals surface area contributed by atoms with Gasteiger partial charge < -0.3 is 4.90 Å². The number of fused-ring (bicyclic) bond motifs is 1. The van der Waals surface area contributed by atoms with E-state index in [0.29, 0.717) is 0 Å². The van der Waals surface area contributed by atoms with Crippen molar-refractivity contribution in [3.05, 3.63) is 70.2 Å². The largest absolute Gasteiger partial charge is 0.366 e. The van der Waals surface area contributed by atoms with E-state index >= 15 is 0 Å². The first kappa shape index (κ1) is 15.9. The summed E-state index contributed by atoms with van der Waals surface area (Å²) in [5, 5.41) is 0.795. The predicted molar refractivity (Wildman–Crippen MR) is 91.8 cm³/mol. The van der Waals surface area contributed by atoms with Crippen molar-refractivity contribution in [1.29, 1.82) is 0 Å². The van der Waals surface area contributed by atoms with Gasteiger partial charge in [0.05, 0.1) is 12.5 Å². The van der Waals surface area contributed by atoms with E-state index in [4.69, 9.17) is 16.6 Å². The molecule has 110 valence electrons. The molecule has 2 aromatic rings. The Morgan fingerprint density at radius 2 is 1.62 bits per heavy atom. The van der Waals surface area contributed by atoms with Crippen LogP contribution in [0.25, 0.3) is 0 Å². The highest BCUT2D eigenvalue weighted by Crippen LogP contribution is 2.36. The normalized spacial score (nSPS) is 16.5. The third-order valence-electron chi connectivity index (χ3n) is 3.71. The monoisotopic (exact) mass is 320 g/mol. The van der Waals surface area contributed by atoms with Crippen LogP contribution in [0.1, 0.15) is 22.6 Å². The van der Waals surface area contributed by atoms with Crippen LogP contribution in [0.2, 0.25) is 5.02 Å². The molecular weight excluding hydrogens is 303 g/mol. The second-order valence-electron chi connectivity index (χ2n) is 5.22. The van der Waals surface area contributed by atoms with E-state index < -0.39 is 0 Å². The summed E-state index contributed by atoms with van der Waals surface area (Å²) >= 11 is 6.42. The summed E-state index contributed by atoms with van der Waals surface area (Å²) in [6.45, 7) is 0.741. The Morgan fingerprint density at radius 1 is 1.00 bits per heavy atom. The lowest BCUT2D eigenvalue weighted by atomic mass is 9.85. The molecule has 1 atom stereocenters. The molecule has 0 radical (unpaired) electrons. The van der Waals surface area contributed by atoms with Gasteiger partial charge in [0.15, 0.2) is 0 Å². The molecule has 0 N–H and O–H groups in total. The summed E-state index contributed by atoms with van der Waals surface area (Å²) in [6.07, 6.45) is 0. The number of hydrogen-bond acceptors (Lipinski definition) is 2. The van der Waals surface area contributed by atoms with Gasteiger partial charge >= 0.3 is 0 Å². The van der Waals surface area contributed by atoms with E-state index in [1.54, 1.807) is 0 Å². The molecule has 0 aromatic heterocycles. The fourth-order valence-corrected chi connectivity index (χ4v) is 3.02. The van der Waals surface area contributed by atoms with Crippen molar-refractivity contribution >= 4 is 29.8 Å². The zero-order chi connectivity index (χ0) is 14.1. The van der Waals surface area contributed by atoms with E-state index in [0.717, 1.165) is 23.0 Å². The Bertz CT molecular complexity index is 665. The number of hydrogen-bond donors (Lipinski definition) is 0. The molecule has 0 fully saturated rings. The fraction of sp³-hybridized carbons (Fsp3) is 0.235. The van der Waals surface area contributed by atoms with Crippen molar-refractivity contribution in [3.63, 3.8) is 0 Å². The van der Waals surface area contributed by atoms with Crippen molar-refractivity contribution in [1.82, 2.24) is 4.90 Å². The molecule has 2 aromatic carbocycles. The first-order chi connectivity index (χ1) is 9.68. The lowest BCUT2D eigenvalue weighted by Gasteiger charge is -2.31. The second-order valence-corrected chi connectivity index (χ2v) is 5.63. The van der Waals surface area contributed by atoms with E-state index in [1.807, 2.05) is 32.3 Å².